The Balaban J connectivity index is 1.83. The van der Waals surface area contributed by atoms with Crippen LogP contribution in [0.1, 0.15) is 37.7 Å². The van der Waals surface area contributed by atoms with E-state index in [-0.39, 0.29) is 11.0 Å². The van der Waals surface area contributed by atoms with Crippen LogP contribution in [0.3, 0.4) is 0 Å². The number of ether oxygens (including phenoxy) is 2. The molecule has 2 N–H and O–H groups in total. The average molecular weight is 311 g/mol. The second-order valence-corrected chi connectivity index (χ2v) is 8.04. The number of nitrogen functional groups attached to an aromatic ring is 1. The maximum atomic E-state index is 12.5. The first-order valence-electron chi connectivity index (χ1n) is 7.46. The Labute approximate surface area is 125 Å². The second kappa shape index (κ2) is 5.75. The van der Waals surface area contributed by atoms with Crippen molar-refractivity contribution in [1.82, 2.24) is 0 Å². The van der Waals surface area contributed by atoms with E-state index >= 15 is 0 Å². The van der Waals surface area contributed by atoms with E-state index in [1.165, 1.54) is 0 Å². The summed E-state index contributed by atoms with van der Waals surface area (Å²) in [4.78, 5) is 0. The van der Waals surface area contributed by atoms with E-state index in [4.69, 9.17) is 15.2 Å². The van der Waals surface area contributed by atoms with Gasteiger partial charge in [-0.15, -0.1) is 0 Å². The molecule has 1 fully saturated rings. The van der Waals surface area contributed by atoms with Crippen molar-refractivity contribution in [3.63, 3.8) is 0 Å². The minimum Gasteiger partial charge on any atom is -0.486 e. The van der Waals surface area contributed by atoms with Crippen molar-refractivity contribution >= 4 is 15.5 Å². The molecule has 0 unspecified atom stereocenters. The lowest BCUT2D eigenvalue weighted by atomic mass is 10.0. The van der Waals surface area contributed by atoms with E-state index in [0.717, 1.165) is 32.1 Å². The summed E-state index contributed by atoms with van der Waals surface area (Å²) in [6.07, 6.45) is 4.68. The zero-order valence-electron chi connectivity index (χ0n) is 12.0. The molecule has 0 saturated heterocycles. The van der Waals surface area contributed by atoms with Crippen LogP contribution in [-0.4, -0.2) is 26.9 Å². The molecule has 1 aromatic rings. The van der Waals surface area contributed by atoms with Crippen LogP contribution in [0.4, 0.5) is 5.69 Å². The van der Waals surface area contributed by atoms with E-state index in [9.17, 15) is 8.42 Å². The van der Waals surface area contributed by atoms with Crippen LogP contribution in [0.25, 0.3) is 0 Å². The summed E-state index contributed by atoms with van der Waals surface area (Å²) in [5.41, 5.74) is 7.05. The minimum atomic E-state index is -3.16. The van der Waals surface area contributed by atoms with Crippen LogP contribution in [0, 0.1) is 0 Å². The zero-order chi connectivity index (χ0) is 14.9. The molecule has 0 atom stereocenters. The maximum Gasteiger partial charge on any atom is 0.163 e. The molecule has 116 valence electrons. The van der Waals surface area contributed by atoms with Crippen LogP contribution >= 0.6 is 0 Å². The molecule has 21 heavy (non-hydrogen) atoms. The summed E-state index contributed by atoms with van der Waals surface area (Å²) in [6, 6.07) is 3.38. The Morgan fingerprint density at radius 2 is 1.67 bits per heavy atom. The van der Waals surface area contributed by atoms with Gasteiger partial charge in [0.2, 0.25) is 0 Å². The molecule has 2 aliphatic rings. The average Bonchev–Trinajstić information content (AvgIpc) is 2.49. The highest BCUT2D eigenvalue weighted by atomic mass is 32.2. The number of rotatable bonds is 3. The fourth-order valence-electron chi connectivity index (χ4n) is 3.03. The Bertz CT molecular complexity index is 621. The van der Waals surface area contributed by atoms with Crippen LogP contribution < -0.4 is 15.2 Å². The van der Waals surface area contributed by atoms with Gasteiger partial charge in [0.15, 0.2) is 21.3 Å². The number of sulfone groups is 1. The number of fused-ring (bicyclic) bond motifs is 1. The lowest BCUT2D eigenvalue weighted by molar-refractivity contribution is 0.171. The van der Waals surface area contributed by atoms with Gasteiger partial charge in [0, 0.05) is 11.8 Å². The summed E-state index contributed by atoms with van der Waals surface area (Å²) in [5, 5.41) is -0.223. The van der Waals surface area contributed by atoms with Crippen molar-refractivity contribution < 1.29 is 17.9 Å². The van der Waals surface area contributed by atoms with E-state index < -0.39 is 9.84 Å². The van der Waals surface area contributed by atoms with Gasteiger partial charge in [-0.25, -0.2) is 8.42 Å². The quantitative estimate of drug-likeness (QED) is 0.866. The maximum absolute atomic E-state index is 12.5. The predicted molar refractivity (Wildman–Crippen MR) is 81.3 cm³/mol. The zero-order valence-corrected chi connectivity index (χ0v) is 12.8. The third kappa shape index (κ3) is 3.10. The summed E-state index contributed by atoms with van der Waals surface area (Å²) in [7, 11) is -3.16. The van der Waals surface area contributed by atoms with Crippen LogP contribution in [0.2, 0.25) is 0 Å². The molecule has 6 heteroatoms. The van der Waals surface area contributed by atoms with E-state index in [2.05, 4.69) is 0 Å². The lowest BCUT2D eigenvalue weighted by Gasteiger charge is -2.23. The number of nitrogens with two attached hydrogens (primary N) is 1. The topological polar surface area (TPSA) is 78.6 Å². The first-order chi connectivity index (χ1) is 10.1. The van der Waals surface area contributed by atoms with E-state index in [1.54, 1.807) is 12.1 Å². The summed E-state index contributed by atoms with van der Waals surface area (Å²) < 4.78 is 36.1. The highest BCUT2D eigenvalue weighted by Gasteiger charge is 2.28. The number of benzene rings is 1. The Morgan fingerprint density at radius 3 is 2.33 bits per heavy atom. The monoisotopic (exact) mass is 311 g/mol. The molecule has 0 aromatic heterocycles. The Morgan fingerprint density at radius 1 is 1.05 bits per heavy atom. The molecule has 0 radical (unpaired) electrons. The molecule has 3 rings (SSSR count). The first kappa shape index (κ1) is 14.5. The first-order valence-corrected chi connectivity index (χ1v) is 9.17. The SMILES string of the molecule is Nc1cc2c(cc1CS(=O)(=O)C1CCCCC1)OCCO2. The number of hydrogen-bond acceptors (Lipinski definition) is 5. The molecule has 0 bridgehead atoms. The Hall–Kier alpha value is -1.43. The minimum absolute atomic E-state index is 0.0138. The van der Waals surface area contributed by atoms with Gasteiger partial charge in [-0.2, -0.15) is 0 Å². The van der Waals surface area contributed by atoms with Crippen molar-refractivity contribution in [2.75, 3.05) is 18.9 Å². The molecule has 1 aromatic carbocycles. The van der Waals surface area contributed by atoms with Gasteiger partial charge in [0.05, 0.1) is 11.0 Å². The molecule has 0 amide bonds. The predicted octanol–water partition coefficient (Wildman–Crippen LogP) is 2.29. The van der Waals surface area contributed by atoms with Crippen molar-refractivity contribution in [2.45, 2.75) is 43.1 Å². The van der Waals surface area contributed by atoms with E-state index in [1.807, 2.05) is 0 Å². The molecular weight excluding hydrogens is 290 g/mol. The molecule has 1 heterocycles. The molecule has 0 spiro atoms. The highest BCUT2D eigenvalue weighted by Crippen LogP contribution is 2.36. The Kier molecular flexibility index (Phi) is 3.97. The van der Waals surface area contributed by atoms with Gasteiger partial charge >= 0.3 is 0 Å². The number of hydrogen-bond donors (Lipinski definition) is 1. The number of anilines is 1. The normalized spacial score (nSPS) is 19.4. The van der Waals surface area contributed by atoms with Crippen molar-refractivity contribution in [3.8, 4) is 11.5 Å². The largest absolute Gasteiger partial charge is 0.486 e. The van der Waals surface area contributed by atoms with Crippen molar-refractivity contribution in [3.05, 3.63) is 17.7 Å². The van der Waals surface area contributed by atoms with Crippen molar-refractivity contribution in [1.29, 1.82) is 0 Å². The third-order valence-electron chi connectivity index (χ3n) is 4.22. The molecule has 1 aliphatic heterocycles. The third-order valence-corrected chi connectivity index (χ3v) is 6.42. The molecule has 1 aliphatic carbocycles. The summed E-state index contributed by atoms with van der Waals surface area (Å²) in [6.45, 7) is 0.970. The van der Waals surface area contributed by atoms with Gasteiger partial charge in [0.25, 0.3) is 0 Å². The summed E-state index contributed by atoms with van der Waals surface area (Å²) in [5.74, 6) is 1.17. The van der Waals surface area contributed by atoms with E-state index in [0.29, 0.717) is 36.0 Å². The second-order valence-electron chi connectivity index (χ2n) is 5.76. The van der Waals surface area contributed by atoms with Gasteiger partial charge in [0.1, 0.15) is 13.2 Å². The summed E-state index contributed by atoms with van der Waals surface area (Å²) >= 11 is 0. The molecular formula is C15H21NO4S. The van der Waals surface area contributed by atoms with Crippen molar-refractivity contribution in [2.24, 2.45) is 0 Å². The van der Waals surface area contributed by atoms with Gasteiger partial charge in [-0.3, -0.25) is 0 Å². The van der Waals surface area contributed by atoms with Crippen LogP contribution in [0.5, 0.6) is 11.5 Å². The van der Waals surface area contributed by atoms with Crippen LogP contribution in [-0.2, 0) is 15.6 Å². The smallest absolute Gasteiger partial charge is 0.163 e. The van der Waals surface area contributed by atoms with Gasteiger partial charge in [-0.05, 0) is 24.5 Å². The fraction of sp³-hybridized carbons (Fsp3) is 0.600. The highest BCUT2D eigenvalue weighted by molar-refractivity contribution is 7.91. The molecule has 1 saturated carbocycles. The molecule has 5 nitrogen and oxygen atoms in total. The standard InChI is InChI=1S/C15H21NO4S/c16-13-9-15-14(19-6-7-20-15)8-11(13)10-21(17,18)12-4-2-1-3-5-12/h8-9,12H,1-7,10,16H2. The van der Waals surface area contributed by atoms with Gasteiger partial charge < -0.3 is 15.2 Å². The fourth-order valence-corrected chi connectivity index (χ4v) is 5.00. The van der Waals surface area contributed by atoms with Crippen LogP contribution in [0.15, 0.2) is 12.1 Å². The lowest BCUT2D eigenvalue weighted by Crippen LogP contribution is -2.25. The van der Waals surface area contributed by atoms with Gasteiger partial charge in [-0.1, -0.05) is 19.3 Å².